The Morgan fingerprint density at radius 1 is 1.29 bits per heavy atom. The largest absolute Gasteiger partial charge is 0.323 e. The first-order valence-electron chi connectivity index (χ1n) is 6.90. The van der Waals surface area contributed by atoms with Crippen molar-refractivity contribution in [3.63, 3.8) is 0 Å². The van der Waals surface area contributed by atoms with Crippen LogP contribution in [0, 0.1) is 11.3 Å². The molecule has 0 aromatic heterocycles. The highest BCUT2D eigenvalue weighted by molar-refractivity contribution is 6.05. The van der Waals surface area contributed by atoms with Gasteiger partial charge in [-0.3, -0.25) is 10.7 Å². The summed E-state index contributed by atoms with van der Waals surface area (Å²) in [5.41, 5.74) is 0. The van der Waals surface area contributed by atoms with Crippen molar-refractivity contribution in [3.8, 4) is 0 Å². The van der Waals surface area contributed by atoms with E-state index in [1.54, 1.807) is 0 Å². The van der Waals surface area contributed by atoms with E-state index in [9.17, 15) is 4.79 Å². The van der Waals surface area contributed by atoms with Crippen molar-refractivity contribution in [2.45, 2.75) is 57.9 Å². The zero-order chi connectivity index (χ0) is 12.3. The Kier molecular flexibility index (Phi) is 4.02. The molecule has 2 amide bonds. The third kappa shape index (κ3) is 2.61. The number of hydrogen-bond acceptors (Lipinski definition) is 2. The standard InChI is InChI=1S/C13H23N3O/c1-2-9-16-11(12(14)15-13(16)17)10-7-5-3-4-6-8-10/h10-11H,2-9H2,1H3,(H2,14,15,17). The Hall–Kier alpha value is -1.06. The molecule has 0 bridgehead atoms. The van der Waals surface area contributed by atoms with Crippen molar-refractivity contribution in [1.82, 2.24) is 10.2 Å². The van der Waals surface area contributed by atoms with Crippen LogP contribution in [0.3, 0.4) is 0 Å². The topological polar surface area (TPSA) is 56.2 Å². The highest BCUT2D eigenvalue weighted by Gasteiger charge is 2.39. The number of hydrogen-bond donors (Lipinski definition) is 2. The number of amidine groups is 1. The molecule has 2 aliphatic rings. The van der Waals surface area contributed by atoms with Gasteiger partial charge in [0.15, 0.2) is 0 Å². The third-order valence-corrected chi connectivity index (χ3v) is 3.94. The third-order valence-electron chi connectivity index (χ3n) is 3.94. The van der Waals surface area contributed by atoms with Gasteiger partial charge in [0.25, 0.3) is 0 Å². The predicted molar refractivity (Wildman–Crippen MR) is 68.2 cm³/mol. The summed E-state index contributed by atoms with van der Waals surface area (Å²) in [6.07, 6.45) is 8.43. The van der Waals surface area contributed by atoms with Gasteiger partial charge in [0.1, 0.15) is 5.84 Å². The molecule has 96 valence electrons. The lowest BCUT2D eigenvalue weighted by Gasteiger charge is -2.29. The molecule has 2 fully saturated rings. The van der Waals surface area contributed by atoms with E-state index in [0.29, 0.717) is 11.8 Å². The van der Waals surface area contributed by atoms with Crippen molar-refractivity contribution >= 4 is 11.9 Å². The summed E-state index contributed by atoms with van der Waals surface area (Å²) in [6, 6.07) is -0.0355. The van der Waals surface area contributed by atoms with E-state index in [2.05, 4.69) is 12.2 Å². The van der Waals surface area contributed by atoms with Crippen LogP contribution < -0.4 is 5.32 Å². The van der Waals surface area contributed by atoms with Gasteiger partial charge in [0, 0.05) is 6.54 Å². The highest BCUT2D eigenvalue weighted by atomic mass is 16.2. The molecule has 1 saturated carbocycles. The second-order valence-electron chi connectivity index (χ2n) is 5.23. The number of carbonyl (C=O) groups is 1. The van der Waals surface area contributed by atoms with Crippen LogP contribution in [-0.4, -0.2) is 29.4 Å². The summed E-state index contributed by atoms with van der Waals surface area (Å²) < 4.78 is 0. The molecular weight excluding hydrogens is 214 g/mol. The minimum Gasteiger partial charge on any atom is -0.314 e. The Bertz CT molecular complexity index is 295. The molecule has 1 unspecified atom stereocenters. The number of nitrogens with zero attached hydrogens (tertiary/aromatic N) is 1. The maximum Gasteiger partial charge on any atom is 0.323 e. The summed E-state index contributed by atoms with van der Waals surface area (Å²) >= 11 is 0. The van der Waals surface area contributed by atoms with E-state index in [4.69, 9.17) is 5.41 Å². The van der Waals surface area contributed by atoms with Crippen LogP contribution in [0.15, 0.2) is 0 Å². The Morgan fingerprint density at radius 3 is 2.53 bits per heavy atom. The summed E-state index contributed by atoms with van der Waals surface area (Å²) in [4.78, 5) is 13.7. The number of amides is 2. The Labute approximate surface area is 103 Å². The molecule has 1 heterocycles. The molecular formula is C13H23N3O. The SMILES string of the molecule is CCCN1C(=O)NC(=N)C1C1CCCCCC1. The maximum atomic E-state index is 11.8. The quantitative estimate of drug-likeness (QED) is 0.729. The van der Waals surface area contributed by atoms with Crippen LogP contribution >= 0.6 is 0 Å². The van der Waals surface area contributed by atoms with Gasteiger partial charge in [-0.15, -0.1) is 0 Å². The molecule has 1 saturated heterocycles. The zero-order valence-corrected chi connectivity index (χ0v) is 10.7. The molecule has 0 spiro atoms. The van der Waals surface area contributed by atoms with E-state index >= 15 is 0 Å². The molecule has 4 nitrogen and oxygen atoms in total. The Balaban J connectivity index is 2.09. The second-order valence-corrected chi connectivity index (χ2v) is 5.23. The Morgan fingerprint density at radius 2 is 1.94 bits per heavy atom. The van der Waals surface area contributed by atoms with Crippen LogP contribution in [0.4, 0.5) is 4.79 Å². The predicted octanol–water partition coefficient (Wildman–Crippen LogP) is 2.74. The second kappa shape index (κ2) is 5.52. The molecule has 2 rings (SSSR count). The van der Waals surface area contributed by atoms with E-state index < -0.39 is 0 Å². The van der Waals surface area contributed by atoms with Crippen LogP contribution in [-0.2, 0) is 0 Å². The monoisotopic (exact) mass is 237 g/mol. The summed E-state index contributed by atoms with van der Waals surface area (Å²) in [5, 5.41) is 10.7. The minimum atomic E-state index is -0.0638. The normalized spacial score (nSPS) is 27.1. The van der Waals surface area contributed by atoms with E-state index in [0.717, 1.165) is 13.0 Å². The van der Waals surface area contributed by atoms with Gasteiger partial charge in [-0.2, -0.15) is 0 Å². The van der Waals surface area contributed by atoms with Crippen LogP contribution in [0.25, 0.3) is 0 Å². The first-order chi connectivity index (χ1) is 8.24. The number of carbonyl (C=O) groups excluding carboxylic acids is 1. The van der Waals surface area contributed by atoms with E-state index in [1.165, 1.54) is 38.5 Å². The lowest BCUT2D eigenvalue weighted by atomic mass is 9.90. The fourth-order valence-corrected chi connectivity index (χ4v) is 3.14. The van der Waals surface area contributed by atoms with Gasteiger partial charge < -0.3 is 4.90 Å². The summed E-state index contributed by atoms with van der Waals surface area (Å²) in [6.45, 7) is 2.86. The van der Waals surface area contributed by atoms with Crippen molar-refractivity contribution in [1.29, 1.82) is 5.41 Å². The minimum absolute atomic E-state index is 0.0283. The van der Waals surface area contributed by atoms with Gasteiger partial charge in [-0.05, 0) is 25.2 Å². The summed E-state index contributed by atoms with van der Waals surface area (Å²) in [7, 11) is 0. The average Bonchev–Trinajstić information content (AvgIpc) is 2.52. The number of nitrogens with one attached hydrogen (secondary N) is 2. The smallest absolute Gasteiger partial charge is 0.314 e. The lowest BCUT2D eigenvalue weighted by molar-refractivity contribution is 0.186. The van der Waals surface area contributed by atoms with Crippen LogP contribution in [0.5, 0.6) is 0 Å². The highest BCUT2D eigenvalue weighted by Crippen LogP contribution is 2.30. The van der Waals surface area contributed by atoms with Crippen molar-refractivity contribution < 1.29 is 4.79 Å². The molecule has 2 N–H and O–H groups in total. The van der Waals surface area contributed by atoms with Gasteiger partial charge in [0.2, 0.25) is 0 Å². The van der Waals surface area contributed by atoms with Crippen LogP contribution in [0.2, 0.25) is 0 Å². The number of urea groups is 1. The summed E-state index contributed by atoms with van der Waals surface area (Å²) in [5.74, 6) is 0.922. The van der Waals surface area contributed by atoms with Gasteiger partial charge in [-0.25, -0.2) is 4.79 Å². The van der Waals surface area contributed by atoms with E-state index in [-0.39, 0.29) is 12.1 Å². The lowest BCUT2D eigenvalue weighted by Crippen LogP contribution is -2.41. The fourth-order valence-electron chi connectivity index (χ4n) is 3.14. The maximum absolute atomic E-state index is 11.8. The molecule has 0 radical (unpaired) electrons. The average molecular weight is 237 g/mol. The van der Waals surface area contributed by atoms with Crippen molar-refractivity contribution in [2.24, 2.45) is 5.92 Å². The van der Waals surface area contributed by atoms with Crippen molar-refractivity contribution in [2.75, 3.05) is 6.54 Å². The molecule has 0 aromatic rings. The van der Waals surface area contributed by atoms with E-state index in [1.807, 2.05) is 4.90 Å². The van der Waals surface area contributed by atoms with Crippen molar-refractivity contribution in [3.05, 3.63) is 0 Å². The molecule has 1 aliphatic carbocycles. The van der Waals surface area contributed by atoms with Gasteiger partial charge in [-0.1, -0.05) is 32.6 Å². The van der Waals surface area contributed by atoms with Gasteiger partial charge >= 0.3 is 6.03 Å². The first-order valence-corrected chi connectivity index (χ1v) is 6.90. The molecule has 1 aliphatic heterocycles. The fraction of sp³-hybridized carbons (Fsp3) is 0.846. The molecule has 0 aromatic carbocycles. The number of rotatable bonds is 3. The van der Waals surface area contributed by atoms with Crippen LogP contribution in [0.1, 0.15) is 51.9 Å². The molecule has 1 atom stereocenters. The first kappa shape index (κ1) is 12.4. The molecule has 4 heteroatoms. The molecule has 17 heavy (non-hydrogen) atoms. The zero-order valence-electron chi connectivity index (χ0n) is 10.7. The van der Waals surface area contributed by atoms with Gasteiger partial charge in [0.05, 0.1) is 6.04 Å².